The van der Waals surface area contributed by atoms with Crippen LogP contribution in [0.1, 0.15) is 16.2 Å². The lowest BCUT2D eigenvalue weighted by molar-refractivity contribution is 0.0429. The molecule has 25 heavy (non-hydrogen) atoms. The van der Waals surface area contributed by atoms with E-state index in [-0.39, 0.29) is 28.0 Å². The number of nitrogens with two attached hydrogens (primary N) is 1. The summed E-state index contributed by atoms with van der Waals surface area (Å²) in [6.45, 7) is -0.259. The molecule has 0 aliphatic heterocycles. The van der Waals surface area contributed by atoms with Crippen LogP contribution >= 0.6 is 22.9 Å². The third kappa shape index (κ3) is 4.04. The van der Waals surface area contributed by atoms with Crippen molar-refractivity contribution in [2.24, 2.45) is 5.14 Å². The molecule has 0 spiro atoms. The van der Waals surface area contributed by atoms with Crippen molar-refractivity contribution in [2.45, 2.75) is 11.5 Å². The number of esters is 1. The molecule has 0 atom stereocenters. The number of ether oxygens (including phenoxy) is 1. The van der Waals surface area contributed by atoms with Crippen LogP contribution in [0.3, 0.4) is 0 Å². The second-order valence-corrected chi connectivity index (χ2v) is 7.64. The van der Waals surface area contributed by atoms with E-state index in [4.69, 9.17) is 26.0 Å². The predicted molar refractivity (Wildman–Crippen MR) is 89.6 cm³/mol. The van der Waals surface area contributed by atoms with E-state index in [1.807, 2.05) is 17.5 Å². The SMILES string of the molecule is NS(=O)(=O)c1cc(C(=O)OCc2nc(-c3cccs3)no2)ccc1Cl. The van der Waals surface area contributed by atoms with Crippen molar-refractivity contribution < 1.29 is 22.5 Å². The van der Waals surface area contributed by atoms with Crippen LogP contribution in [0.5, 0.6) is 0 Å². The summed E-state index contributed by atoms with van der Waals surface area (Å²) >= 11 is 7.21. The number of primary sulfonamides is 1. The molecule has 0 amide bonds. The third-order valence-corrected chi connectivity index (χ3v) is 5.27. The molecule has 3 aromatic rings. The summed E-state index contributed by atoms with van der Waals surface area (Å²) in [4.78, 5) is 16.6. The number of carbonyl (C=O) groups excluding carboxylic acids is 1. The van der Waals surface area contributed by atoms with Gasteiger partial charge in [0.15, 0.2) is 6.61 Å². The Balaban J connectivity index is 1.71. The highest BCUT2D eigenvalue weighted by molar-refractivity contribution is 7.89. The molecule has 0 radical (unpaired) electrons. The number of halogens is 1. The fourth-order valence-electron chi connectivity index (χ4n) is 1.88. The van der Waals surface area contributed by atoms with Gasteiger partial charge in [-0.25, -0.2) is 18.4 Å². The van der Waals surface area contributed by atoms with Crippen molar-refractivity contribution in [3.05, 3.63) is 52.2 Å². The zero-order chi connectivity index (χ0) is 18.0. The Bertz CT molecular complexity index is 1020. The number of thiophene rings is 1. The Morgan fingerprint density at radius 1 is 1.36 bits per heavy atom. The number of rotatable bonds is 5. The fraction of sp³-hybridized carbons (Fsp3) is 0.0714. The van der Waals surface area contributed by atoms with E-state index in [2.05, 4.69) is 10.1 Å². The number of carbonyl (C=O) groups is 1. The van der Waals surface area contributed by atoms with Crippen molar-refractivity contribution in [3.63, 3.8) is 0 Å². The van der Waals surface area contributed by atoms with Gasteiger partial charge in [0.2, 0.25) is 15.8 Å². The molecular formula is C14H10ClN3O5S2. The molecule has 0 aliphatic rings. The molecule has 0 unspecified atom stereocenters. The van der Waals surface area contributed by atoms with Crippen LogP contribution < -0.4 is 5.14 Å². The number of hydrogen-bond donors (Lipinski definition) is 1. The van der Waals surface area contributed by atoms with Crippen molar-refractivity contribution in [1.82, 2.24) is 10.1 Å². The van der Waals surface area contributed by atoms with Crippen LogP contribution in [0.4, 0.5) is 0 Å². The molecule has 0 aliphatic carbocycles. The summed E-state index contributed by atoms with van der Waals surface area (Å²) < 4.78 is 32.9. The van der Waals surface area contributed by atoms with Gasteiger partial charge in [-0.15, -0.1) is 11.3 Å². The van der Waals surface area contributed by atoms with Gasteiger partial charge >= 0.3 is 5.97 Å². The van der Waals surface area contributed by atoms with Gasteiger partial charge in [-0.05, 0) is 29.6 Å². The molecular weight excluding hydrogens is 390 g/mol. The molecule has 8 nitrogen and oxygen atoms in total. The second-order valence-electron chi connectivity index (χ2n) is 4.76. The average molecular weight is 400 g/mol. The van der Waals surface area contributed by atoms with Gasteiger partial charge in [0.1, 0.15) is 4.90 Å². The molecule has 1 aromatic carbocycles. The largest absolute Gasteiger partial charge is 0.452 e. The quantitative estimate of drug-likeness (QED) is 0.653. The van der Waals surface area contributed by atoms with Crippen molar-refractivity contribution in [1.29, 1.82) is 0 Å². The van der Waals surface area contributed by atoms with Gasteiger partial charge in [-0.2, -0.15) is 4.98 Å². The summed E-state index contributed by atoms with van der Waals surface area (Å²) in [5.41, 5.74) is -0.0218. The summed E-state index contributed by atoms with van der Waals surface area (Å²) in [7, 11) is -4.06. The number of aromatic nitrogens is 2. The Kier molecular flexibility index (Phi) is 4.86. The van der Waals surface area contributed by atoms with Crippen LogP contribution in [0.15, 0.2) is 45.1 Å². The maximum absolute atomic E-state index is 12.1. The maximum atomic E-state index is 12.1. The predicted octanol–water partition coefficient (Wildman–Crippen LogP) is 2.46. The van der Waals surface area contributed by atoms with Crippen LogP contribution in [-0.4, -0.2) is 24.5 Å². The topological polar surface area (TPSA) is 125 Å². The Labute approximate surface area is 151 Å². The van der Waals surface area contributed by atoms with Crippen LogP contribution in [0.2, 0.25) is 5.02 Å². The van der Waals surface area contributed by atoms with Gasteiger partial charge in [0.25, 0.3) is 5.89 Å². The highest BCUT2D eigenvalue weighted by Gasteiger charge is 2.18. The molecule has 3 rings (SSSR count). The monoisotopic (exact) mass is 399 g/mol. The van der Waals surface area contributed by atoms with Gasteiger partial charge in [0, 0.05) is 0 Å². The summed E-state index contributed by atoms with van der Waals surface area (Å²) in [5.74, 6) is -0.279. The molecule has 0 saturated heterocycles. The number of hydrogen-bond acceptors (Lipinski definition) is 8. The highest BCUT2D eigenvalue weighted by Crippen LogP contribution is 2.23. The minimum Gasteiger partial charge on any atom is -0.452 e. The molecule has 0 saturated carbocycles. The lowest BCUT2D eigenvalue weighted by Crippen LogP contribution is -2.14. The molecule has 0 bridgehead atoms. The minimum atomic E-state index is -4.06. The lowest BCUT2D eigenvalue weighted by Gasteiger charge is -2.05. The first kappa shape index (κ1) is 17.5. The minimum absolute atomic E-state index is 0.0218. The van der Waals surface area contributed by atoms with Crippen LogP contribution in [-0.2, 0) is 21.4 Å². The summed E-state index contributed by atoms with van der Waals surface area (Å²) in [6, 6.07) is 7.29. The van der Waals surface area contributed by atoms with E-state index in [0.717, 1.165) is 10.9 Å². The number of nitrogens with zero attached hydrogens (tertiary/aromatic N) is 2. The standard InChI is InChI=1S/C14H10ClN3O5S2/c15-9-4-3-8(6-11(9)25(16,20)21)14(19)22-7-12-17-13(18-23-12)10-2-1-5-24-10/h1-6H,7H2,(H2,16,20,21). The smallest absolute Gasteiger partial charge is 0.338 e. The summed E-state index contributed by atoms with van der Waals surface area (Å²) in [5, 5.41) is 10.6. The molecule has 2 N–H and O–H groups in total. The van der Waals surface area contributed by atoms with Gasteiger partial charge < -0.3 is 9.26 Å². The normalized spacial score (nSPS) is 11.4. The van der Waals surface area contributed by atoms with E-state index in [1.54, 1.807) is 0 Å². The van der Waals surface area contributed by atoms with Gasteiger partial charge in [-0.3, -0.25) is 0 Å². The number of sulfonamides is 1. The second kappa shape index (κ2) is 6.92. The van der Waals surface area contributed by atoms with E-state index in [1.165, 1.54) is 23.5 Å². The van der Waals surface area contributed by atoms with E-state index >= 15 is 0 Å². The lowest BCUT2D eigenvalue weighted by atomic mass is 10.2. The zero-order valence-corrected chi connectivity index (χ0v) is 14.8. The molecule has 130 valence electrons. The summed E-state index contributed by atoms with van der Waals surface area (Å²) in [6.07, 6.45) is 0. The van der Waals surface area contributed by atoms with Crippen LogP contribution in [0.25, 0.3) is 10.7 Å². The Hall–Kier alpha value is -2.27. The van der Waals surface area contributed by atoms with Gasteiger partial charge in [0.05, 0.1) is 15.5 Å². The maximum Gasteiger partial charge on any atom is 0.338 e. The molecule has 2 aromatic heterocycles. The highest BCUT2D eigenvalue weighted by atomic mass is 35.5. The fourth-order valence-corrected chi connectivity index (χ4v) is 3.60. The molecule has 11 heteroatoms. The third-order valence-electron chi connectivity index (χ3n) is 3.01. The van der Waals surface area contributed by atoms with E-state index in [0.29, 0.717) is 5.82 Å². The molecule has 2 heterocycles. The van der Waals surface area contributed by atoms with Crippen molar-refractivity contribution >= 4 is 38.9 Å². The molecule has 0 fully saturated rings. The Morgan fingerprint density at radius 3 is 2.84 bits per heavy atom. The zero-order valence-electron chi connectivity index (χ0n) is 12.4. The average Bonchev–Trinajstić information content (AvgIpc) is 3.23. The van der Waals surface area contributed by atoms with Crippen molar-refractivity contribution in [3.8, 4) is 10.7 Å². The first-order valence-electron chi connectivity index (χ1n) is 6.70. The van der Waals surface area contributed by atoms with Crippen LogP contribution in [0, 0.1) is 0 Å². The van der Waals surface area contributed by atoms with Gasteiger partial charge in [-0.1, -0.05) is 22.8 Å². The first-order valence-corrected chi connectivity index (χ1v) is 9.51. The van der Waals surface area contributed by atoms with Crippen molar-refractivity contribution in [2.75, 3.05) is 0 Å². The van der Waals surface area contributed by atoms with E-state index in [9.17, 15) is 13.2 Å². The number of benzene rings is 1. The van der Waals surface area contributed by atoms with E-state index < -0.39 is 16.0 Å². The first-order chi connectivity index (χ1) is 11.8. The Morgan fingerprint density at radius 2 is 2.16 bits per heavy atom.